The summed E-state index contributed by atoms with van der Waals surface area (Å²) in [5.41, 5.74) is 2.80. The van der Waals surface area contributed by atoms with Crippen molar-refractivity contribution in [3.05, 3.63) is 29.3 Å². The van der Waals surface area contributed by atoms with Crippen molar-refractivity contribution in [2.24, 2.45) is 0 Å². The Balaban J connectivity index is 2.11. The SMILES string of the molecule is CCN1CCC(N(C)C(=O)c2cc(C)ccc2NC)CC1. The zero-order chi connectivity index (χ0) is 15.4. The quantitative estimate of drug-likeness (QED) is 0.925. The number of aryl methyl sites for hydroxylation is 1. The number of benzene rings is 1. The van der Waals surface area contributed by atoms with Crippen molar-refractivity contribution in [1.29, 1.82) is 0 Å². The van der Waals surface area contributed by atoms with Crippen LogP contribution in [0.15, 0.2) is 18.2 Å². The normalized spacial score (nSPS) is 16.8. The molecule has 0 radical (unpaired) electrons. The molecule has 0 bridgehead atoms. The van der Waals surface area contributed by atoms with E-state index in [1.54, 1.807) is 0 Å². The van der Waals surface area contributed by atoms with E-state index in [-0.39, 0.29) is 5.91 Å². The van der Waals surface area contributed by atoms with Gasteiger partial charge in [0.05, 0.1) is 5.56 Å². The van der Waals surface area contributed by atoms with Crippen LogP contribution in [0.1, 0.15) is 35.7 Å². The topological polar surface area (TPSA) is 35.6 Å². The van der Waals surface area contributed by atoms with Gasteiger partial charge in [-0.1, -0.05) is 18.6 Å². The third-order valence-corrected chi connectivity index (χ3v) is 4.55. The first-order valence-electron chi connectivity index (χ1n) is 7.84. The van der Waals surface area contributed by atoms with Crippen LogP contribution in [0, 0.1) is 6.92 Å². The number of hydrogen-bond donors (Lipinski definition) is 1. The van der Waals surface area contributed by atoms with Gasteiger partial charge in [0, 0.05) is 38.9 Å². The van der Waals surface area contributed by atoms with Gasteiger partial charge in [-0.15, -0.1) is 0 Å². The molecule has 21 heavy (non-hydrogen) atoms. The summed E-state index contributed by atoms with van der Waals surface area (Å²) in [7, 11) is 3.80. The number of carbonyl (C=O) groups is 1. The summed E-state index contributed by atoms with van der Waals surface area (Å²) in [6.07, 6.45) is 2.13. The molecule has 1 aliphatic rings. The standard InChI is InChI=1S/C17H27N3O/c1-5-20-10-8-14(9-11-20)19(4)17(21)15-12-13(2)6-7-16(15)18-3/h6-7,12,14,18H,5,8-11H2,1-4H3. The minimum Gasteiger partial charge on any atom is -0.387 e. The molecule has 0 atom stereocenters. The fourth-order valence-corrected chi connectivity index (χ4v) is 3.03. The second kappa shape index (κ2) is 6.94. The lowest BCUT2D eigenvalue weighted by Gasteiger charge is -2.36. The Labute approximate surface area is 128 Å². The maximum atomic E-state index is 12.8. The van der Waals surface area contributed by atoms with Gasteiger partial charge in [-0.25, -0.2) is 0 Å². The number of anilines is 1. The van der Waals surface area contributed by atoms with Crippen molar-refractivity contribution in [3.63, 3.8) is 0 Å². The molecule has 0 aromatic heterocycles. The van der Waals surface area contributed by atoms with E-state index >= 15 is 0 Å². The van der Waals surface area contributed by atoms with E-state index in [2.05, 4.69) is 17.1 Å². The number of piperidine rings is 1. The Hall–Kier alpha value is -1.55. The van der Waals surface area contributed by atoms with Gasteiger partial charge in [-0.05, 0) is 38.4 Å². The molecule has 0 aliphatic carbocycles. The van der Waals surface area contributed by atoms with Crippen molar-refractivity contribution in [2.45, 2.75) is 32.7 Å². The lowest BCUT2D eigenvalue weighted by atomic mass is 10.0. The van der Waals surface area contributed by atoms with Crippen molar-refractivity contribution in [1.82, 2.24) is 9.80 Å². The van der Waals surface area contributed by atoms with Crippen LogP contribution in [0.5, 0.6) is 0 Å². The molecule has 1 aliphatic heterocycles. The average molecular weight is 289 g/mol. The molecular formula is C17H27N3O. The third-order valence-electron chi connectivity index (χ3n) is 4.55. The van der Waals surface area contributed by atoms with Crippen LogP contribution in [-0.4, -0.2) is 55.5 Å². The molecule has 2 rings (SSSR count). The first-order valence-corrected chi connectivity index (χ1v) is 7.84. The molecule has 0 unspecified atom stereocenters. The summed E-state index contributed by atoms with van der Waals surface area (Å²) in [6.45, 7) is 7.50. The van der Waals surface area contributed by atoms with Gasteiger partial charge in [-0.3, -0.25) is 4.79 Å². The molecule has 1 aromatic rings. The summed E-state index contributed by atoms with van der Waals surface area (Å²) >= 11 is 0. The van der Waals surface area contributed by atoms with E-state index in [1.165, 1.54) is 0 Å². The molecule has 1 amide bonds. The molecule has 4 heteroatoms. The summed E-state index contributed by atoms with van der Waals surface area (Å²) < 4.78 is 0. The van der Waals surface area contributed by atoms with Crippen LogP contribution in [0.3, 0.4) is 0 Å². The van der Waals surface area contributed by atoms with Crippen molar-refractivity contribution < 1.29 is 4.79 Å². The van der Waals surface area contributed by atoms with Crippen molar-refractivity contribution in [3.8, 4) is 0 Å². The smallest absolute Gasteiger partial charge is 0.255 e. The van der Waals surface area contributed by atoms with Crippen LogP contribution in [0.4, 0.5) is 5.69 Å². The van der Waals surface area contributed by atoms with Crippen LogP contribution < -0.4 is 5.32 Å². The summed E-state index contributed by atoms with van der Waals surface area (Å²) in [6, 6.07) is 6.34. The first-order chi connectivity index (χ1) is 10.1. The Morgan fingerprint density at radius 3 is 2.62 bits per heavy atom. The van der Waals surface area contributed by atoms with Crippen LogP contribution >= 0.6 is 0 Å². The highest BCUT2D eigenvalue weighted by Crippen LogP contribution is 2.22. The van der Waals surface area contributed by atoms with Crippen molar-refractivity contribution in [2.75, 3.05) is 39.0 Å². The van der Waals surface area contributed by atoms with Gasteiger partial charge in [0.2, 0.25) is 0 Å². The Kier molecular flexibility index (Phi) is 5.23. The molecule has 1 heterocycles. The third kappa shape index (κ3) is 3.56. The van der Waals surface area contributed by atoms with E-state index < -0.39 is 0 Å². The molecule has 4 nitrogen and oxygen atoms in total. The van der Waals surface area contributed by atoms with E-state index in [1.807, 2.05) is 44.1 Å². The Bertz CT molecular complexity index is 493. The van der Waals surface area contributed by atoms with Gasteiger partial charge in [0.15, 0.2) is 0 Å². The zero-order valence-electron chi connectivity index (χ0n) is 13.6. The molecule has 116 valence electrons. The lowest BCUT2D eigenvalue weighted by Crippen LogP contribution is -2.45. The summed E-state index contributed by atoms with van der Waals surface area (Å²) in [5, 5.41) is 3.12. The van der Waals surface area contributed by atoms with E-state index in [0.717, 1.165) is 49.3 Å². The molecule has 0 spiro atoms. The van der Waals surface area contributed by atoms with Gasteiger partial charge < -0.3 is 15.1 Å². The fourth-order valence-electron chi connectivity index (χ4n) is 3.03. The number of carbonyl (C=O) groups excluding carboxylic acids is 1. The number of amides is 1. The highest BCUT2D eigenvalue weighted by atomic mass is 16.2. The second-order valence-electron chi connectivity index (χ2n) is 5.88. The Morgan fingerprint density at radius 2 is 2.05 bits per heavy atom. The fraction of sp³-hybridized carbons (Fsp3) is 0.588. The molecule has 1 aromatic carbocycles. The monoisotopic (exact) mass is 289 g/mol. The van der Waals surface area contributed by atoms with E-state index in [0.29, 0.717) is 6.04 Å². The maximum Gasteiger partial charge on any atom is 0.255 e. The number of nitrogens with zero attached hydrogens (tertiary/aromatic N) is 2. The van der Waals surface area contributed by atoms with Gasteiger partial charge in [-0.2, -0.15) is 0 Å². The summed E-state index contributed by atoms with van der Waals surface area (Å²) in [4.78, 5) is 17.2. The predicted molar refractivity (Wildman–Crippen MR) is 88.0 cm³/mol. The van der Waals surface area contributed by atoms with Gasteiger partial charge >= 0.3 is 0 Å². The number of likely N-dealkylation sites (tertiary alicyclic amines) is 1. The number of hydrogen-bond acceptors (Lipinski definition) is 3. The van der Waals surface area contributed by atoms with Crippen LogP contribution in [0.25, 0.3) is 0 Å². The largest absolute Gasteiger partial charge is 0.387 e. The molecule has 1 fully saturated rings. The second-order valence-corrected chi connectivity index (χ2v) is 5.88. The first kappa shape index (κ1) is 15.8. The number of nitrogens with one attached hydrogen (secondary N) is 1. The molecule has 1 N–H and O–H groups in total. The maximum absolute atomic E-state index is 12.8. The molecular weight excluding hydrogens is 262 g/mol. The van der Waals surface area contributed by atoms with Gasteiger partial charge in [0.25, 0.3) is 5.91 Å². The Morgan fingerprint density at radius 1 is 1.38 bits per heavy atom. The highest BCUT2D eigenvalue weighted by Gasteiger charge is 2.26. The van der Waals surface area contributed by atoms with Crippen molar-refractivity contribution >= 4 is 11.6 Å². The average Bonchev–Trinajstić information content (AvgIpc) is 2.53. The number of rotatable bonds is 4. The predicted octanol–water partition coefficient (Wildman–Crippen LogP) is 2.59. The summed E-state index contributed by atoms with van der Waals surface area (Å²) in [5.74, 6) is 0.123. The minimum absolute atomic E-state index is 0.123. The van der Waals surface area contributed by atoms with E-state index in [4.69, 9.17) is 0 Å². The zero-order valence-corrected chi connectivity index (χ0v) is 13.6. The minimum atomic E-state index is 0.123. The molecule has 0 saturated carbocycles. The lowest BCUT2D eigenvalue weighted by molar-refractivity contribution is 0.0647. The van der Waals surface area contributed by atoms with Gasteiger partial charge in [0.1, 0.15) is 0 Å². The molecule has 1 saturated heterocycles. The van der Waals surface area contributed by atoms with Crippen LogP contribution in [-0.2, 0) is 0 Å². The van der Waals surface area contributed by atoms with E-state index in [9.17, 15) is 4.79 Å². The highest BCUT2D eigenvalue weighted by molar-refractivity contribution is 5.99. The van der Waals surface area contributed by atoms with Crippen LogP contribution in [0.2, 0.25) is 0 Å².